The van der Waals surface area contributed by atoms with Crippen molar-refractivity contribution in [2.75, 3.05) is 0 Å². The summed E-state index contributed by atoms with van der Waals surface area (Å²) in [7, 11) is 0. The van der Waals surface area contributed by atoms with Gasteiger partial charge in [-0.25, -0.2) is 4.79 Å². The maximum absolute atomic E-state index is 12.5. The van der Waals surface area contributed by atoms with Crippen LogP contribution in [0.3, 0.4) is 0 Å². The summed E-state index contributed by atoms with van der Waals surface area (Å²) in [5.74, 6) is -0.926. The molecule has 0 aliphatic heterocycles. The molecule has 0 amide bonds. The molecule has 27 heavy (non-hydrogen) atoms. The Morgan fingerprint density at radius 1 is 1.15 bits per heavy atom. The molecule has 3 rings (SSSR count). The minimum absolute atomic E-state index is 0.0642. The molecule has 6 nitrogen and oxygen atoms in total. The minimum Gasteiger partial charge on any atom is -0.451 e. The van der Waals surface area contributed by atoms with Gasteiger partial charge in [-0.15, -0.1) is 0 Å². The average Bonchev–Trinajstić information content (AvgIpc) is 3.13. The van der Waals surface area contributed by atoms with Crippen molar-refractivity contribution in [2.45, 2.75) is 32.3 Å². The number of esters is 1. The van der Waals surface area contributed by atoms with Gasteiger partial charge in [-0.2, -0.15) is 0 Å². The Morgan fingerprint density at radius 3 is 2.70 bits per heavy atom. The molecule has 138 valence electrons. The number of nitro groups is 1. The fourth-order valence-corrected chi connectivity index (χ4v) is 3.13. The lowest BCUT2D eigenvalue weighted by Crippen LogP contribution is -2.23. The zero-order valence-corrected chi connectivity index (χ0v) is 14.9. The molecule has 0 saturated heterocycles. The molecule has 0 fully saturated rings. The van der Waals surface area contributed by atoms with E-state index in [2.05, 4.69) is 0 Å². The van der Waals surface area contributed by atoms with Crippen LogP contribution in [0, 0.1) is 10.1 Å². The van der Waals surface area contributed by atoms with E-state index in [9.17, 15) is 19.7 Å². The number of rotatable bonds is 6. The van der Waals surface area contributed by atoms with Crippen LogP contribution in [0.1, 0.15) is 40.4 Å². The van der Waals surface area contributed by atoms with Gasteiger partial charge < -0.3 is 4.74 Å². The first kappa shape index (κ1) is 18.5. The second-order valence-electron chi connectivity index (χ2n) is 6.47. The normalized spacial score (nSPS) is 14.0. The fourth-order valence-electron chi connectivity index (χ4n) is 3.13. The highest BCUT2D eigenvalue weighted by Crippen LogP contribution is 2.23. The van der Waals surface area contributed by atoms with E-state index >= 15 is 0 Å². The summed E-state index contributed by atoms with van der Waals surface area (Å²) < 4.78 is 5.18. The van der Waals surface area contributed by atoms with Crippen LogP contribution in [-0.2, 0) is 22.4 Å². The Morgan fingerprint density at radius 2 is 1.93 bits per heavy atom. The molecular formula is C21H19NO5. The number of nitrogens with zero attached hydrogens (tertiary/aromatic N) is 1. The molecular weight excluding hydrogens is 346 g/mol. The van der Waals surface area contributed by atoms with Crippen molar-refractivity contribution in [3.05, 3.63) is 80.9 Å². The minimum atomic E-state index is -0.910. The summed E-state index contributed by atoms with van der Waals surface area (Å²) in [5.41, 5.74) is 3.43. The summed E-state index contributed by atoms with van der Waals surface area (Å²) in [4.78, 5) is 34.7. The van der Waals surface area contributed by atoms with Crippen LogP contribution >= 0.6 is 0 Å². The van der Waals surface area contributed by atoms with Crippen LogP contribution < -0.4 is 0 Å². The molecule has 0 bridgehead atoms. The van der Waals surface area contributed by atoms with E-state index in [-0.39, 0.29) is 11.5 Å². The van der Waals surface area contributed by atoms with Crippen LogP contribution in [0.5, 0.6) is 0 Å². The van der Waals surface area contributed by atoms with Crippen molar-refractivity contribution in [2.24, 2.45) is 0 Å². The molecule has 0 N–H and O–H groups in total. The molecule has 6 heteroatoms. The van der Waals surface area contributed by atoms with E-state index in [1.807, 2.05) is 12.1 Å². The third-order valence-electron chi connectivity index (χ3n) is 4.54. The third-order valence-corrected chi connectivity index (χ3v) is 4.54. The van der Waals surface area contributed by atoms with Crippen molar-refractivity contribution in [3.63, 3.8) is 0 Å². The molecule has 0 unspecified atom stereocenters. The molecule has 1 aliphatic rings. The van der Waals surface area contributed by atoms with Gasteiger partial charge in [-0.1, -0.05) is 24.3 Å². The molecule has 0 aromatic heterocycles. The summed E-state index contributed by atoms with van der Waals surface area (Å²) in [6, 6.07) is 11.5. The van der Waals surface area contributed by atoms with Crippen LogP contribution in [-0.4, -0.2) is 22.8 Å². The van der Waals surface area contributed by atoms with E-state index in [0.29, 0.717) is 11.1 Å². The second-order valence-corrected chi connectivity index (χ2v) is 6.47. The molecule has 0 heterocycles. The smallest absolute Gasteiger partial charge is 0.331 e. The van der Waals surface area contributed by atoms with Gasteiger partial charge in [0.15, 0.2) is 6.10 Å². The number of benzene rings is 2. The first-order valence-electron chi connectivity index (χ1n) is 8.73. The number of ether oxygens (including phenoxy) is 1. The van der Waals surface area contributed by atoms with E-state index in [0.717, 1.165) is 25.3 Å². The molecule has 2 aromatic carbocycles. The Balaban J connectivity index is 1.62. The highest BCUT2D eigenvalue weighted by Gasteiger charge is 2.20. The zero-order valence-electron chi connectivity index (χ0n) is 14.9. The van der Waals surface area contributed by atoms with Crippen molar-refractivity contribution in [1.29, 1.82) is 0 Å². The van der Waals surface area contributed by atoms with E-state index < -0.39 is 17.0 Å². The summed E-state index contributed by atoms with van der Waals surface area (Å²) in [5, 5.41) is 10.8. The SMILES string of the molecule is C[C@@H](OC(=O)/C=C/c1cccc([N+](=O)[O-])c1)C(=O)c1ccc2c(c1)CCC2. The van der Waals surface area contributed by atoms with Crippen LogP contribution in [0.4, 0.5) is 5.69 Å². The van der Waals surface area contributed by atoms with Crippen molar-refractivity contribution >= 4 is 23.5 Å². The van der Waals surface area contributed by atoms with Gasteiger partial charge in [-0.3, -0.25) is 14.9 Å². The Kier molecular flexibility index (Phi) is 5.45. The van der Waals surface area contributed by atoms with Gasteiger partial charge in [0.1, 0.15) is 0 Å². The summed E-state index contributed by atoms with van der Waals surface area (Å²) in [6.07, 6.45) is 4.77. The van der Waals surface area contributed by atoms with Gasteiger partial charge in [0.05, 0.1) is 4.92 Å². The van der Waals surface area contributed by atoms with Crippen molar-refractivity contribution in [1.82, 2.24) is 0 Å². The number of Topliss-reactive ketones (excluding diaryl/α,β-unsaturated/α-hetero) is 1. The lowest BCUT2D eigenvalue weighted by Gasteiger charge is -2.12. The standard InChI is InChI=1S/C21H19NO5/c1-14(21(24)18-10-9-16-5-3-6-17(16)13-18)27-20(23)11-8-15-4-2-7-19(12-15)22(25)26/h2,4,7-14H,3,5-6H2,1H3/b11-8+/t14-/m1/s1. The molecule has 1 atom stereocenters. The largest absolute Gasteiger partial charge is 0.451 e. The van der Waals surface area contributed by atoms with Gasteiger partial charge in [0.25, 0.3) is 5.69 Å². The highest BCUT2D eigenvalue weighted by atomic mass is 16.6. The quantitative estimate of drug-likeness (QED) is 0.255. The lowest BCUT2D eigenvalue weighted by molar-refractivity contribution is -0.384. The van der Waals surface area contributed by atoms with Crippen LogP contribution in [0.25, 0.3) is 6.08 Å². The number of non-ortho nitro benzene ring substituents is 1. The number of ketones is 1. The second kappa shape index (κ2) is 7.95. The Hall–Kier alpha value is -3.28. The number of carbonyl (C=O) groups excluding carboxylic acids is 2. The van der Waals surface area contributed by atoms with Gasteiger partial charge in [0.2, 0.25) is 5.78 Å². The van der Waals surface area contributed by atoms with Gasteiger partial charge in [0, 0.05) is 23.8 Å². The number of fused-ring (bicyclic) bond motifs is 1. The number of aryl methyl sites for hydroxylation is 2. The van der Waals surface area contributed by atoms with Crippen LogP contribution in [0.2, 0.25) is 0 Å². The highest BCUT2D eigenvalue weighted by molar-refractivity contribution is 6.01. The Labute approximate surface area is 156 Å². The first-order chi connectivity index (χ1) is 12.9. The number of hydrogen-bond donors (Lipinski definition) is 0. The van der Waals surface area contributed by atoms with E-state index in [4.69, 9.17) is 4.74 Å². The third kappa shape index (κ3) is 4.47. The predicted molar refractivity (Wildman–Crippen MR) is 100 cm³/mol. The Bertz CT molecular complexity index is 932. The maximum Gasteiger partial charge on any atom is 0.331 e. The maximum atomic E-state index is 12.5. The number of hydrogen-bond acceptors (Lipinski definition) is 5. The molecule has 0 radical (unpaired) electrons. The predicted octanol–water partition coefficient (Wildman–Crippen LogP) is 3.91. The first-order valence-corrected chi connectivity index (χ1v) is 8.73. The number of nitro benzene ring substituents is 1. The molecule has 0 spiro atoms. The topological polar surface area (TPSA) is 86.5 Å². The van der Waals surface area contributed by atoms with Gasteiger partial charge >= 0.3 is 5.97 Å². The van der Waals surface area contributed by atoms with Crippen molar-refractivity contribution < 1.29 is 19.2 Å². The monoisotopic (exact) mass is 365 g/mol. The fraction of sp³-hybridized carbons (Fsp3) is 0.238. The molecule has 2 aromatic rings. The van der Waals surface area contributed by atoms with Gasteiger partial charge in [-0.05, 0) is 55.0 Å². The number of carbonyl (C=O) groups is 2. The zero-order chi connectivity index (χ0) is 19.4. The summed E-state index contributed by atoms with van der Waals surface area (Å²) in [6.45, 7) is 1.54. The van der Waals surface area contributed by atoms with E-state index in [1.165, 1.54) is 42.3 Å². The lowest BCUT2D eigenvalue weighted by atomic mass is 10.0. The molecule has 1 aliphatic carbocycles. The van der Waals surface area contributed by atoms with Crippen LogP contribution in [0.15, 0.2) is 48.5 Å². The molecule has 0 saturated carbocycles. The average molecular weight is 365 g/mol. The summed E-state index contributed by atoms with van der Waals surface area (Å²) >= 11 is 0. The van der Waals surface area contributed by atoms with E-state index in [1.54, 1.807) is 12.1 Å². The van der Waals surface area contributed by atoms with Crippen molar-refractivity contribution in [3.8, 4) is 0 Å².